The number of carbonyl (C=O) groups is 2. The van der Waals surface area contributed by atoms with Crippen molar-refractivity contribution in [2.24, 2.45) is 0 Å². The molecule has 0 spiro atoms. The van der Waals surface area contributed by atoms with Gasteiger partial charge in [-0.1, -0.05) is 29.0 Å². The molecule has 0 saturated heterocycles. The van der Waals surface area contributed by atoms with Crippen LogP contribution in [0.3, 0.4) is 0 Å². The van der Waals surface area contributed by atoms with Crippen LogP contribution in [0.25, 0.3) is 10.2 Å². The van der Waals surface area contributed by atoms with Crippen molar-refractivity contribution in [1.82, 2.24) is 4.98 Å². The van der Waals surface area contributed by atoms with Crippen molar-refractivity contribution in [3.8, 4) is 0 Å². The number of benzene rings is 3. The molecular formula is C22H16FN3O2S. The summed E-state index contributed by atoms with van der Waals surface area (Å²) in [5.41, 5.74) is 3.22. The lowest BCUT2D eigenvalue weighted by molar-refractivity contribution is 0.101. The van der Waals surface area contributed by atoms with E-state index in [-0.39, 0.29) is 11.8 Å². The number of halogens is 1. The van der Waals surface area contributed by atoms with E-state index in [1.807, 2.05) is 25.1 Å². The molecule has 2 amide bonds. The highest BCUT2D eigenvalue weighted by atomic mass is 32.1. The number of aromatic nitrogens is 1. The van der Waals surface area contributed by atoms with Crippen molar-refractivity contribution in [3.63, 3.8) is 0 Å². The summed E-state index contributed by atoms with van der Waals surface area (Å²) >= 11 is 1.35. The summed E-state index contributed by atoms with van der Waals surface area (Å²) < 4.78 is 13.9. The van der Waals surface area contributed by atoms with E-state index >= 15 is 0 Å². The van der Waals surface area contributed by atoms with Crippen LogP contribution in [0, 0.1) is 12.7 Å². The number of fused-ring (bicyclic) bond motifs is 1. The van der Waals surface area contributed by atoms with Gasteiger partial charge in [-0.15, -0.1) is 0 Å². The molecule has 3 aromatic carbocycles. The minimum Gasteiger partial charge on any atom is -0.322 e. The number of nitrogens with zero attached hydrogens (tertiary/aromatic N) is 1. The van der Waals surface area contributed by atoms with Crippen LogP contribution in [-0.4, -0.2) is 16.8 Å². The van der Waals surface area contributed by atoms with E-state index in [9.17, 15) is 14.0 Å². The predicted molar refractivity (Wildman–Crippen MR) is 113 cm³/mol. The Morgan fingerprint density at radius 1 is 0.862 bits per heavy atom. The smallest absolute Gasteiger partial charge is 0.257 e. The second-order valence-electron chi connectivity index (χ2n) is 6.48. The highest BCUT2D eigenvalue weighted by Gasteiger charge is 2.11. The van der Waals surface area contributed by atoms with Crippen molar-refractivity contribution >= 4 is 44.2 Å². The van der Waals surface area contributed by atoms with Crippen LogP contribution < -0.4 is 10.6 Å². The molecule has 2 N–H and O–H groups in total. The lowest BCUT2D eigenvalue weighted by Crippen LogP contribution is -2.11. The molecule has 1 aromatic heterocycles. The Morgan fingerprint density at radius 2 is 1.48 bits per heavy atom. The molecule has 0 fully saturated rings. The van der Waals surface area contributed by atoms with Gasteiger partial charge in [-0.05, 0) is 61.5 Å². The third-order valence-electron chi connectivity index (χ3n) is 4.29. The molecule has 0 saturated carbocycles. The van der Waals surface area contributed by atoms with Gasteiger partial charge >= 0.3 is 0 Å². The Balaban J connectivity index is 1.50. The average Bonchev–Trinajstić information content (AvgIpc) is 3.10. The molecule has 0 radical (unpaired) electrons. The van der Waals surface area contributed by atoms with Gasteiger partial charge in [0.15, 0.2) is 5.13 Å². The zero-order chi connectivity index (χ0) is 20.4. The Labute approximate surface area is 170 Å². The van der Waals surface area contributed by atoms with Crippen LogP contribution in [0.2, 0.25) is 0 Å². The van der Waals surface area contributed by atoms with Gasteiger partial charge in [0.2, 0.25) is 0 Å². The standard InChI is InChI=1S/C22H16FN3O2S/c1-13-2-4-14(5-3-13)21(28)26-22-25-18-12-17(10-11-19(18)29-22)24-20(27)15-6-8-16(23)9-7-15/h2-12H,1H3,(H,24,27)(H,25,26,28). The molecule has 7 heteroatoms. The number of anilines is 2. The zero-order valence-corrected chi connectivity index (χ0v) is 16.2. The maximum absolute atomic E-state index is 13.0. The van der Waals surface area contributed by atoms with Gasteiger partial charge in [-0.25, -0.2) is 9.37 Å². The number of hydrogen-bond acceptors (Lipinski definition) is 4. The zero-order valence-electron chi connectivity index (χ0n) is 15.4. The first kappa shape index (κ1) is 18.8. The fraction of sp³-hybridized carbons (Fsp3) is 0.0455. The van der Waals surface area contributed by atoms with Crippen LogP contribution >= 0.6 is 11.3 Å². The second-order valence-corrected chi connectivity index (χ2v) is 7.51. The van der Waals surface area contributed by atoms with Gasteiger partial charge in [0, 0.05) is 16.8 Å². The topological polar surface area (TPSA) is 71.1 Å². The fourth-order valence-corrected chi connectivity index (χ4v) is 3.58. The van der Waals surface area contributed by atoms with E-state index < -0.39 is 5.82 Å². The molecule has 0 aliphatic carbocycles. The molecule has 1 heterocycles. The first-order chi connectivity index (χ1) is 14.0. The van der Waals surface area contributed by atoms with Crippen molar-refractivity contribution in [2.45, 2.75) is 6.92 Å². The summed E-state index contributed by atoms with van der Waals surface area (Å²) in [6, 6.07) is 17.9. The normalized spacial score (nSPS) is 10.7. The Hall–Kier alpha value is -3.58. The molecule has 0 bridgehead atoms. The average molecular weight is 405 g/mol. The largest absolute Gasteiger partial charge is 0.322 e. The van der Waals surface area contributed by atoms with Gasteiger partial charge in [-0.2, -0.15) is 0 Å². The number of amides is 2. The Morgan fingerprint density at radius 3 is 2.17 bits per heavy atom. The summed E-state index contributed by atoms with van der Waals surface area (Å²) in [6.07, 6.45) is 0. The van der Waals surface area contributed by atoms with Crippen molar-refractivity contribution in [3.05, 3.63) is 89.2 Å². The van der Waals surface area contributed by atoms with Crippen LogP contribution in [0.4, 0.5) is 15.2 Å². The molecule has 0 unspecified atom stereocenters. The molecule has 4 aromatic rings. The monoisotopic (exact) mass is 405 g/mol. The van der Waals surface area contributed by atoms with Gasteiger partial charge in [-0.3, -0.25) is 14.9 Å². The summed E-state index contributed by atoms with van der Waals surface area (Å²) in [5.74, 6) is -0.966. The van der Waals surface area contributed by atoms with E-state index in [0.29, 0.717) is 27.5 Å². The summed E-state index contributed by atoms with van der Waals surface area (Å²) in [4.78, 5) is 29.1. The summed E-state index contributed by atoms with van der Waals surface area (Å²) in [6.45, 7) is 1.96. The van der Waals surface area contributed by atoms with E-state index in [1.54, 1.807) is 24.3 Å². The number of nitrogens with one attached hydrogen (secondary N) is 2. The number of carbonyl (C=O) groups excluding carboxylic acids is 2. The maximum atomic E-state index is 13.0. The number of rotatable bonds is 4. The number of hydrogen-bond donors (Lipinski definition) is 2. The van der Waals surface area contributed by atoms with Crippen LogP contribution in [-0.2, 0) is 0 Å². The Kier molecular flexibility index (Phi) is 5.05. The molecule has 29 heavy (non-hydrogen) atoms. The third-order valence-corrected chi connectivity index (χ3v) is 5.24. The lowest BCUT2D eigenvalue weighted by Gasteiger charge is -2.05. The first-order valence-corrected chi connectivity index (χ1v) is 9.65. The van der Waals surface area contributed by atoms with Gasteiger partial charge < -0.3 is 5.32 Å². The van der Waals surface area contributed by atoms with Gasteiger partial charge in [0.25, 0.3) is 11.8 Å². The third kappa shape index (κ3) is 4.30. The first-order valence-electron chi connectivity index (χ1n) is 8.83. The molecule has 0 aliphatic rings. The minimum atomic E-state index is -0.398. The highest BCUT2D eigenvalue weighted by Crippen LogP contribution is 2.28. The van der Waals surface area contributed by atoms with Crippen molar-refractivity contribution in [1.29, 1.82) is 0 Å². The van der Waals surface area contributed by atoms with E-state index in [2.05, 4.69) is 15.6 Å². The maximum Gasteiger partial charge on any atom is 0.257 e. The second kappa shape index (κ2) is 7.81. The van der Waals surface area contributed by atoms with Crippen molar-refractivity contribution < 1.29 is 14.0 Å². The molecule has 4 rings (SSSR count). The minimum absolute atomic E-state index is 0.228. The van der Waals surface area contributed by atoms with Gasteiger partial charge in [0.05, 0.1) is 10.2 Å². The molecule has 0 atom stereocenters. The Bertz CT molecular complexity index is 1140. The van der Waals surface area contributed by atoms with E-state index in [4.69, 9.17) is 0 Å². The van der Waals surface area contributed by atoms with E-state index in [1.165, 1.54) is 35.6 Å². The van der Waals surface area contributed by atoms with E-state index in [0.717, 1.165) is 10.3 Å². The summed E-state index contributed by atoms with van der Waals surface area (Å²) in [5, 5.41) is 6.05. The van der Waals surface area contributed by atoms with Crippen molar-refractivity contribution in [2.75, 3.05) is 10.6 Å². The van der Waals surface area contributed by atoms with Crippen LogP contribution in [0.5, 0.6) is 0 Å². The SMILES string of the molecule is Cc1ccc(C(=O)Nc2nc3cc(NC(=O)c4ccc(F)cc4)ccc3s2)cc1. The molecule has 0 aliphatic heterocycles. The quantitative estimate of drug-likeness (QED) is 0.487. The van der Waals surface area contributed by atoms with Gasteiger partial charge in [0.1, 0.15) is 5.82 Å². The molecular weight excluding hydrogens is 389 g/mol. The fourth-order valence-electron chi connectivity index (χ4n) is 2.74. The lowest BCUT2D eigenvalue weighted by atomic mass is 10.1. The predicted octanol–water partition coefficient (Wildman–Crippen LogP) is 5.25. The summed E-state index contributed by atoms with van der Waals surface area (Å²) in [7, 11) is 0. The van der Waals surface area contributed by atoms with Crippen LogP contribution in [0.1, 0.15) is 26.3 Å². The molecule has 5 nitrogen and oxygen atoms in total. The van der Waals surface area contributed by atoms with Crippen LogP contribution in [0.15, 0.2) is 66.7 Å². The number of thiazole rings is 1. The highest BCUT2D eigenvalue weighted by molar-refractivity contribution is 7.22. The number of aryl methyl sites for hydroxylation is 1. The molecule has 144 valence electrons.